The van der Waals surface area contributed by atoms with Crippen molar-refractivity contribution in [3.8, 4) is 0 Å². The fourth-order valence-electron chi connectivity index (χ4n) is 1.56. The minimum Gasteiger partial charge on any atom is -0.381 e. The standard InChI is InChI=1S/C10H18O3/c1-10(8-13-10)7-12-6-9-2-4-11-5-3-9/h9H,2-8H2,1H3. The Balaban J connectivity index is 1.56. The summed E-state index contributed by atoms with van der Waals surface area (Å²) < 4.78 is 16.1. The largest absolute Gasteiger partial charge is 0.381 e. The van der Waals surface area contributed by atoms with Crippen molar-refractivity contribution in [3.05, 3.63) is 0 Å². The topological polar surface area (TPSA) is 31.0 Å². The lowest BCUT2D eigenvalue weighted by Crippen LogP contribution is -2.23. The van der Waals surface area contributed by atoms with Gasteiger partial charge in [-0.25, -0.2) is 0 Å². The van der Waals surface area contributed by atoms with Crippen molar-refractivity contribution in [2.75, 3.05) is 33.0 Å². The zero-order valence-corrected chi connectivity index (χ0v) is 8.25. The van der Waals surface area contributed by atoms with Gasteiger partial charge in [-0.3, -0.25) is 0 Å². The maximum absolute atomic E-state index is 5.62. The Hall–Kier alpha value is -0.120. The van der Waals surface area contributed by atoms with Gasteiger partial charge < -0.3 is 14.2 Å². The third-order valence-corrected chi connectivity index (χ3v) is 2.74. The number of hydrogen-bond acceptors (Lipinski definition) is 3. The summed E-state index contributed by atoms with van der Waals surface area (Å²) in [6, 6.07) is 0. The third-order valence-electron chi connectivity index (χ3n) is 2.74. The van der Waals surface area contributed by atoms with Gasteiger partial charge in [0.05, 0.1) is 13.2 Å². The van der Waals surface area contributed by atoms with Crippen molar-refractivity contribution >= 4 is 0 Å². The lowest BCUT2D eigenvalue weighted by atomic mass is 10.0. The lowest BCUT2D eigenvalue weighted by Gasteiger charge is -2.22. The van der Waals surface area contributed by atoms with Gasteiger partial charge in [0.15, 0.2) is 0 Å². The predicted octanol–water partition coefficient (Wildman–Crippen LogP) is 1.22. The molecular weight excluding hydrogens is 168 g/mol. The number of rotatable bonds is 4. The molecule has 0 spiro atoms. The number of ether oxygens (including phenoxy) is 3. The van der Waals surface area contributed by atoms with Crippen LogP contribution in [0.2, 0.25) is 0 Å². The molecule has 2 fully saturated rings. The quantitative estimate of drug-likeness (QED) is 0.618. The van der Waals surface area contributed by atoms with Crippen LogP contribution in [0.4, 0.5) is 0 Å². The summed E-state index contributed by atoms with van der Waals surface area (Å²) >= 11 is 0. The van der Waals surface area contributed by atoms with Crippen LogP contribution in [-0.2, 0) is 14.2 Å². The summed E-state index contributed by atoms with van der Waals surface area (Å²) in [5.41, 5.74) is 0.0468. The van der Waals surface area contributed by atoms with Gasteiger partial charge in [0, 0.05) is 19.8 Å². The Morgan fingerprint density at radius 1 is 1.38 bits per heavy atom. The Bertz CT molecular complexity index is 160. The van der Waals surface area contributed by atoms with E-state index < -0.39 is 0 Å². The van der Waals surface area contributed by atoms with E-state index in [9.17, 15) is 0 Å². The van der Waals surface area contributed by atoms with Crippen LogP contribution in [0.15, 0.2) is 0 Å². The molecule has 76 valence electrons. The van der Waals surface area contributed by atoms with Crippen molar-refractivity contribution in [2.24, 2.45) is 5.92 Å². The van der Waals surface area contributed by atoms with Gasteiger partial charge in [0.2, 0.25) is 0 Å². The zero-order chi connectivity index (χ0) is 9.15. The first-order valence-corrected chi connectivity index (χ1v) is 5.08. The molecule has 0 aromatic rings. The highest BCUT2D eigenvalue weighted by Crippen LogP contribution is 2.26. The summed E-state index contributed by atoms with van der Waals surface area (Å²) in [7, 11) is 0. The van der Waals surface area contributed by atoms with Gasteiger partial charge in [0.1, 0.15) is 5.60 Å². The van der Waals surface area contributed by atoms with Gasteiger partial charge in [-0.15, -0.1) is 0 Å². The van der Waals surface area contributed by atoms with E-state index in [2.05, 4.69) is 6.92 Å². The highest BCUT2D eigenvalue weighted by molar-refractivity contribution is 4.86. The van der Waals surface area contributed by atoms with Crippen molar-refractivity contribution < 1.29 is 14.2 Å². The number of epoxide rings is 1. The average molecular weight is 186 g/mol. The second kappa shape index (κ2) is 3.95. The molecule has 0 radical (unpaired) electrons. The molecule has 0 bridgehead atoms. The Morgan fingerprint density at radius 2 is 2.08 bits per heavy atom. The normalized spacial score (nSPS) is 34.8. The first kappa shape index (κ1) is 9.44. The molecule has 13 heavy (non-hydrogen) atoms. The van der Waals surface area contributed by atoms with Crippen molar-refractivity contribution in [1.82, 2.24) is 0 Å². The van der Waals surface area contributed by atoms with E-state index in [0.717, 1.165) is 45.9 Å². The predicted molar refractivity (Wildman–Crippen MR) is 48.7 cm³/mol. The molecule has 2 rings (SSSR count). The van der Waals surface area contributed by atoms with Crippen LogP contribution < -0.4 is 0 Å². The van der Waals surface area contributed by atoms with E-state index in [0.29, 0.717) is 5.92 Å². The monoisotopic (exact) mass is 186 g/mol. The van der Waals surface area contributed by atoms with E-state index in [1.807, 2.05) is 0 Å². The van der Waals surface area contributed by atoms with E-state index in [1.54, 1.807) is 0 Å². The highest BCUT2D eigenvalue weighted by Gasteiger charge is 2.39. The van der Waals surface area contributed by atoms with Crippen LogP contribution in [0.3, 0.4) is 0 Å². The first-order valence-electron chi connectivity index (χ1n) is 5.08. The third kappa shape index (κ3) is 2.93. The van der Waals surface area contributed by atoms with E-state index in [1.165, 1.54) is 0 Å². The molecule has 1 atom stereocenters. The maximum Gasteiger partial charge on any atom is 0.112 e. The summed E-state index contributed by atoms with van der Waals surface area (Å²) in [4.78, 5) is 0. The van der Waals surface area contributed by atoms with Gasteiger partial charge in [-0.05, 0) is 25.7 Å². The molecule has 0 saturated carbocycles. The Kier molecular flexibility index (Phi) is 2.86. The SMILES string of the molecule is CC1(COCC2CCOCC2)CO1. The molecule has 1 unspecified atom stereocenters. The summed E-state index contributed by atoms with van der Waals surface area (Å²) in [5, 5.41) is 0. The van der Waals surface area contributed by atoms with Gasteiger partial charge >= 0.3 is 0 Å². The van der Waals surface area contributed by atoms with Crippen LogP contribution >= 0.6 is 0 Å². The molecule has 2 heterocycles. The van der Waals surface area contributed by atoms with Crippen molar-refractivity contribution in [3.63, 3.8) is 0 Å². The molecule has 3 nitrogen and oxygen atoms in total. The molecule has 0 amide bonds. The molecule has 2 saturated heterocycles. The van der Waals surface area contributed by atoms with Crippen molar-refractivity contribution in [2.45, 2.75) is 25.4 Å². The minimum atomic E-state index is 0.0468. The zero-order valence-electron chi connectivity index (χ0n) is 8.25. The minimum absolute atomic E-state index is 0.0468. The molecule has 0 aromatic carbocycles. The fourth-order valence-corrected chi connectivity index (χ4v) is 1.56. The van der Waals surface area contributed by atoms with E-state index >= 15 is 0 Å². The summed E-state index contributed by atoms with van der Waals surface area (Å²) in [6.07, 6.45) is 2.30. The summed E-state index contributed by atoms with van der Waals surface area (Å²) in [5.74, 6) is 0.705. The maximum atomic E-state index is 5.62. The molecule has 2 aliphatic rings. The lowest BCUT2D eigenvalue weighted by molar-refractivity contribution is 0.00834. The van der Waals surface area contributed by atoms with Crippen molar-refractivity contribution in [1.29, 1.82) is 0 Å². The Morgan fingerprint density at radius 3 is 2.69 bits per heavy atom. The fraction of sp³-hybridized carbons (Fsp3) is 1.00. The van der Waals surface area contributed by atoms with Crippen LogP contribution in [0.5, 0.6) is 0 Å². The van der Waals surface area contributed by atoms with Gasteiger partial charge in [-0.1, -0.05) is 0 Å². The van der Waals surface area contributed by atoms with E-state index in [4.69, 9.17) is 14.2 Å². The second-order valence-corrected chi connectivity index (χ2v) is 4.31. The van der Waals surface area contributed by atoms with Crippen LogP contribution in [0, 0.1) is 5.92 Å². The second-order valence-electron chi connectivity index (χ2n) is 4.31. The van der Waals surface area contributed by atoms with Crippen LogP contribution in [0.1, 0.15) is 19.8 Å². The molecule has 3 heteroatoms. The van der Waals surface area contributed by atoms with Crippen LogP contribution in [-0.4, -0.2) is 38.6 Å². The van der Waals surface area contributed by atoms with Gasteiger partial charge in [0.25, 0.3) is 0 Å². The summed E-state index contributed by atoms with van der Waals surface area (Å²) in [6.45, 7) is 6.40. The van der Waals surface area contributed by atoms with Gasteiger partial charge in [-0.2, -0.15) is 0 Å². The Labute approximate surface area is 79.4 Å². The smallest absolute Gasteiger partial charge is 0.112 e. The van der Waals surface area contributed by atoms with E-state index in [-0.39, 0.29) is 5.60 Å². The molecule has 0 aromatic heterocycles. The molecular formula is C10H18O3. The van der Waals surface area contributed by atoms with Crippen LogP contribution in [0.25, 0.3) is 0 Å². The molecule has 2 aliphatic heterocycles. The number of hydrogen-bond donors (Lipinski definition) is 0. The first-order chi connectivity index (χ1) is 6.29. The molecule has 0 aliphatic carbocycles. The average Bonchev–Trinajstić information content (AvgIpc) is 2.86. The molecule has 0 N–H and O–H groups in total. The highest BCUT2D eigenvalue weighted by atomic mass is 16.6.